The Kier molecular flexibility index (Phi) is 4.01. The number of benzene rings is 1. The SMILES string of the molecule is Nc1cc(O)c(C(F)C(F)(F)C(F)(F)F)c(C(F)(F)F)c1. The Balaban J connectivity index is 3.57. The molecule has 2 nitrogen and oxygen atoms in total. The quantitative estimate of drug-likeness (QED) is 0.632. The summed E-state index contributed by atoms with van der Waals surface area (Å²) in [6.45, 7) is 0. The molecule has 0 radical (unpaired) electrons. The lowest BCUT2D eigenvalue weighted by molar-refractivity contribution is -0.305. The molecule has 120 valence electrons. The van der Waals surface area contributed by atoms with E-state index in [0.717, 1.165) is 0 Å². The topological polar surface area (TPSA) is 46.2 Å². The number of hydrogen-bond donors (Lipinski definition) is 2. The molecular weight excluding hydrogens is 321 g/mol. The lowest BCUT2D eigenvalue weighted by atomic mass is 9.96. The van der Waals surface area contributed by atoms with Gasteiger partial charge >= 0.3 is 18.3 Å². The first-order chi connectivity index (χ1) is 9.19. The van der Waals surface area contributed by atoms with E-state index in [2.05, 4.69) is 0 Å². The van der Waals surface area contributed by atoms with Gasteiger partial charge in [-0.05, 0) is 6.07 Å². The predicted octanol–water partition coefficient (Wildman–Crippen LogP) is 4.20. The smallest absolute Gasteiger partial charge is 0.456 e. The number of anilines is 1. The Morgan fingerprint density at radius 1 is 0.952 bits per heavy atom. The normalized spacial score (nSPS) is 15.1. The molecule has 3 N–H and O–H groups in total. The standard InChI is InChI=1S/C10H6F9NO/c11-7(8(12,13)10(17,18)19)6-4(9(14,15)16)1-3(20)2-5(6)21/h1-2,7,21H,20H2. The molecule has 0 amide bonds. The third kappa shape index (κ3) is 3.10. The molecule has 11 heteroatoms. The number of halogens is 9. The summed E-state index contributed by atoms with van der Waals surface area (Å²) in [5, 5.41) is 9.11. The van der Waals surface area contributed by atoms with Gasteiger partial charge in [0, 0.05) is 17.3 Å². The summed E-state index contributed by atoms with van der Waals surface area (Å²) in [6, 6.07) is 0.192. The zero-order chi connectivity index (χ0) is 16.8. The summed E-state index contributed by atoms with van der Waals surface area (Å²) in [5.74, 6) is -7.88. The summed E-state index contributed by atoms with van der Waals surface area (Å²) in [5.41, 5.74) is -0.293. The van der Waals surface area contributed by atoms with Gasteiger partial charge in [0.2, 0.25) is 6.17 Å². The fourth-order valence-electron chi connectivity index (χ4n) is 1.49. The summed E-state index contributed by atoms with van der Waals surface area (Å²) in [7, 11) is 0. The van der Waals surface area contributed by atoms with Crippen molar-refractivity contribution in [3.05, 3.63) is 23.3 Å². The Hall–Kier alpha value is -1.81. The first-order valence-electron chi connectivity index (χ1n) is 4.97. The maximum absolute atomic E-state index is 13.4. The van der Waals surface area contributed by atoms with Crippen molar-refractivity contribution < 1.29 is 44.6 Å². The summed E-state index contributed by atoms with van der Waals surface area (Å²) >= 11 is 0. The van der Waals surface area contributed by atoms with Crippen LogP contribution in [0.25, 0.3) is 0 Å². The van der Waals surface area contributed by atoms with Crippen LogP contribution in [0.3, 0.4) is 0 Å². The van der Waals surface area contributed by atoms with Crippen molar-refractivity contribution >= 4 is 5.69 Å². The van der Waals surface area contributed by atoms with Gasteiger partial charge in [-0.2, -0.15) is 35.1 Å². The van der Waals surface area contributed by atoms with Gasteiger partial charge < -0.3 is 10.8 Å². The van der Waals surface area contributed by atoms with Crippen molar-refractivity contribution in [2.75, 3.05) is 5.73 Å². The second kappa shape index (κ2) is 4.88. The summed E-state index contributed by atoms with van der Waals surface area (Å²) in [6.07, 6.45) is -16.4. The first-order valence-corrected chi connectivity index (χ1v) is 4.97. The predicted molar refractivity (Wildman–Crippen MR) is 52.4 cm³/mol. The van der Waals surface area contributed by atoms with E-state index in [1.54, 1.807) is 0 Å². The van der Waals surface area contributed by atoms with E-state index in [9.17, 15) is 39.5 Å². The van der Waals surface area contributed by atoms with Crippen LogP contribution in [-0.4, -0.2) is 17.2 Å². The average molecular weight is 327 g/mol. The van der Waals surface area contributed by atoms with Gasteiger partial charge in [-0.3, -0.25) is 0 Å². The lowest BCUT2D eigenvalue weighted by Crippen LogP contribution is -2.41. The molecule has 0 fully saturated rings. The van der Waals surface area contributed by atoms with E-state index < -0.39 is 47.0 Å². The molecule has 1 rings (SSSR count). The van der Waals surface area contributed by atoms with Crippen molar-refractivity contribution in [2.45, 2.75) is 24.4 Å². The second-order valence-electron chi connectivity index (χ2n) is 3.98. The second-order valence-corrected chi connectivity index (χ2v) is 3.98. The van der Waals surface area contributed by atoms with E-state index >= 15 is 0 Å². The molecule has 0 aromatic heterocycles. The molecule has 1 unspecified atom stereocenters. The molecule has 1 atom stereocenters. The number of nitrogen functional groups attached to an aromatic ring is 1. The number of phenolic OH excluding ortho intramolecular Hbond substituents is 1. The highest BCUT2D eigenvalue weighted by molar-refractivity contribution is 5.55. The number of alkyl halides is 9. The zero-order valence-electron chi connectivity index (χ0n) is 9.66. The molecule has 0 aliphatic carbocycles. The Morgan fingerprint density at radius 3 is 1.81 bits per heavy atom. The van der Waals surface area contributed by atoms with Gasteiger partial charge in [-0.25, -0.2) is 4.39 Å². The number of aromatic hydroxyl groups is 1. The fourth-order valence-corrected chi connectivity index (χ4v) is 1.49. The maximum atomic E-state index is 13.4. The van der Waals surface area contributed by atoms with Crippen molar-refractivity contribution in [3.63, 3.8) is 0 Å². The van der Waals surface area contributed by atoms with Gasteiger partial charge in [-0.15, -0.1) is 0 Å². The van der Waals surface area contributed by atoms with Crippen molar-refractivity contribution in [1.82, 2.24) is 0 Å². The highest BCUT2D eigenvalue weighted by Crippen LogP contribution is 2.51. The number of rotatable bonds is 2. The first kappa shape index (κ1) is 17.2. The molecule has 0 bridgehead atoms. The van der Waals surface area contributed by atoms with E-state index in [1.807, 2.05) is 0 Å². The van der Waals surface area contributed by atoms with Crippen LogP contribution in [0, 0.1) is 0 Å². The zero-order valence-corrected chi connectivity index (χ0v) is 9.66. The fraction of sp³-hybridized carbons (Fsp3) is 0.400. The van der Waals surface area contributed by atoms with Crippen molar-refractivity contribution in [3.8, 4) is 5.75 Å². The summed E-state index contributed by atoms with van der Waals surface area (Å²) < 4.78 is 113. The molecule has 0 heterocycles. The number of nitrogens with two attached hydrogens (primary N) is 1. The molecule has 0 aliphatic rings. The van der Waals surface area contributed by atoms with Crippen LogP contribution in [0.1, 0.15) is 17.3 Å². The van der Waals surface area contributed by atoms with Gasteiger partial charge in [0.1, 0.15) is 5.75 Å². The molecule has 21 heavy (non-hydrogen) atoms. The maximum Gasteiger partial charge on any atom is 0.456 e. The Morgan fingerprint density at radius 2 is 1.43 bits per heavy atom. The van der Waals surface area contributed by atoms with E-state index in [-0.39, 0.29) is 12.1 Å². The molecule has 0 spiro atoms. The number of phenols is 1. The third-order valence-corrected chi connectivity index (χ3v) is 2.44. The van der Waals surface area contributed by atoms with Gasteiger partial charge in [-0.1, -0.05) is 0 Å². The molecule has 1 aromatic rings. The van der Waals surface area contributed by atoms with Crippen molar-refractivity contribution in [2.24, 2.45) is 0 Å². The Labute approximate surface area is 111 Å². The van der Waals surface area contributed by atoms with E-state index in [0.29, 0.717) is 0 Å². The van der Waals surface area contributed by atoms with Crippen molar-refractivity contribution in [1.29, 1.82) is 0 Å². The van der Waals surface area contributed by atoms with Crippen LogP contribution in [0.15, 0.2) is 12.1 Å². The van der Waals surface area contributed by atoms with Crippen LogP contribution in [0.4, 0.5) is 45.2 Å². The lowest BCUT2D eigenvalue weighted by Gasteiger charge is -2.26. The van der Waals surface area contributed by atoms with E-state index in [1.165, 1.54) is 0 Å². The Bertz CT molecular complexity index is 535. The van der Waals surface area contributed by atoms with Crippen LogP contribution in [0.2, 0.25) is 0 Å². The minimum Gasteiger partial charge on any atom is -0.507 e. The number of hydrogen-bond acceptors (Lipinski definition) is 2. The van der Waals surface area contributed by atoms with Gasteiger partial charge in [0.25, 0.3) is 0 Å². The molecule has 1 aromatic carbocycles. The van der Waals surface area contributed by atoms with Crippen LogP contribution >= 0.6 is 0 Å². The van der Waals surface area contributed by atoms with Crippen LogP contribution in [0.5, 0.6) is 5.75 Å². The molecular formula is C10H6F9NO. The van der Waals surface area contributed by atoms with Gasteiger partial charge in [0.05, 0.1) is 5.56 Å². The minimum absolute atomic E-state index is 0.0475. The minimum atomic E-state index is -6.44. The average Bonchev–Trinajstić information content (AvgIpc) is 2.24. The monoisotopic (exact) mass is 327 g/mol. The largest absolute Gasteiger partial charge is 0.507 e. The molecule has 0 saturated heterocycles. The van der Waals surface area contributed by atoms with E-state index in [4.69, 9.17) is 10.8 Å². The van der Waals surface area contributed by atoms with Crippen LogP contribution < -0.4 is 5.73 Å². The summed E-state index contributed by atoms with van der Waals surface area (Å²) in [4.78, 5) is 0. The van der Waals surface area contributed by atoms with Crippen LogP contribution in [-0.2, 0) is 6.18 Å². The molecule has 0 aliphatic heterocycles. The van der Waals surface area contributed by atoms with Gasteiger partial charge in [0.15, 0.2) is 0 Å². The highest BCUT2D eigenvalue weighted by atomic mass is 19.4. The highest BCUT2D eigenvalue weighted by Gasteiger charge is 2.65. The molecule has 0 saturated carbocycles. The third-order valence-electron chi connectivity index (χ3n) is 2.44.